The van der Waals surface area contributed by atoms with Crippen LogP contribution < -0.4 is 5.32 Å². The number of fused-ring (bicyclic) bond motifs is 1. The highest BCUT2D eigenvalue weighted by atomic mass is 32.1. The average Bonchev–Trinajstić information content (AvgIpc) is 3.16. The number of anilines is 1. The number of benzene rings is 3. The van der Waals surface area contributed by atoms with E-state index in [0.29, 0.717) is 11.3 Å². The number of nitrogens with one attached hydrogen (secondary N) is 1. The second kappa shape index (κ2) is 8.97. The minimum absolute atomic E-state index is 0.0731. The molecule has 0 atom stereocenters. The maximum Gasteiger partial charge on any atom is 0.224 e. The highest BCUT2D eigenvalue weighted by Crippen LogP contribution is 2.24. The van der Waals surface area contributed by atoms with E-state index in [2.05, 4.69) is 16.4 Å². The quantitative estimate of drug-likeness (QED) is 0.396. The normalized spacial score (nSPS) is 10.8. The topological polar surface area (TPSA) is 59.1 Å². The molecule has 1 aromatic heterocycles. The van der Waals surface area contributed by atoms with Crippen molar-refractivity contribution < 1.29 is 14.0 Å². The molecule has 1 amide bonds. The van der Waals surface area contributed by atoms with Crippen molar-refractivity contribution >= 4 is 38.9 Å². The third-order valence-corrected chi connectivity index (χ3v) is 5.71. The second-order valence-electron chi connectivity index (χ2n) is 6.93. The third kappa shape index (κ3) is 4.96. The van der Waals surface area contributed by atoms with Crippen molar-refractivity contribution in [2.75, 3.05) is 5.32 Å². The lowest BCUT2D eigenvalue weighted by Crippen LogP contribution is -2.13. The predicted molar refractivity (Wildman–Crippen MR) is 117 cm³/mol. The van der Waals surface area contributed by atoms with Crippen LogP contribution in [0.3, 0.4) is 0 Å². The van der Waals surface area contributed by atoms with Crippen molar-refractivity contribution in [1.29, 1.82) is 0 Å². The van der Waals surface area contributed by atoms with Crippen LogP contribution in [0.2, 0.25) is 0 Å². The van der Waals surface area contributed by atoms with Gasteiger partial charge in [-0.1, -0.05) is 24.3 Å². The molecule has 0 aliphatic carbocycles. The summed E-state index contributed by atoms with van der Waals surface area (Å²) < 4.78 is 14.1. The number of carbonyl (C=O) groups is 2. The molecule has 150 valence electrons. The van der Waals surface area contributed by atoms with Gasteiger partial charge < -0.3 is 5.32 Å². The molecule has 1 N–H and O–H groups in total. The number of Topliss-reactive ketones (excluding diaryl/α,β-unsaturated/α-hetero) is 1. The molecule has 4 aromatic rings. The Kier molecular flexibility index (Phi) is 5.95. The summed E-state index contributed by atoms with van der Waals surface area (Å²) in [6, 6.07) is 21.0. The lowest BCUT2D eigenvalue weighted by molar-refractivity contribution is -0.116. The summed E-state index contributed by atoms with van der Waals surface area (Å²) in [4.78, 5) is 28.9. The van der Waals surface area contributed by atoms with Gasteiger partial charge in [0.15, 0.2) is 5.78 Å². The zero-order valence-corrected chi connectivity index (χ0v) is 16.9. The summed E-state index contributed by atoms with van der Waals surface area (Å²) in [5.41, 5.74) is 3.21. The van der Waals surface area contributed by atoms with Crippen molar-refractivity contribution in [3.05, 3.63) is 94.7 Å². The lowest BCUT2D eigenvalue weighted by Gasteiger charge is -2.06. The lowest BCUT2D eigenvalue weighted by atomic mass is 10.1. The summed E-state index contributed by atoms with van der Waals surface area (Å²) in [6.45, 7) is 0. The standard InChI is InChI=1S/C24H19FN2O2S/c25-18-9-7-17(8-10-18)21(28)13-14-23(29)26-19-11-5-16(6-12-19)15-24-27-20-3-1-2-4-22(20)30-24/h1-12H,13-15H2,(H,26,29). The molecule has 0 fully saturated rings. The summed E-state index contributed by atoms with van der Waals surface area (Å²) >= 11 is 1.68. The number of hydrogen-bond acceptors (Lipinski definition) is 4. The van der Waals surface area contributed by atoms with Crippen LogP contribution in [0.1, 0.15) is 33.8 Å². The van der Waals surface area contributed by atoms with E-state index in [1.807, 2.05) is 42.5 Å². The van der Waals surface area contributed by atoms with Crippen molar-refractivity contribution in [3.63, 3.8) is 0 Å². The zero-order valence-electron chi connectivity index (χ0n) is 16.1. The largest absolute Gasteiger partial charge is 0.326 e. The van der Waals surface area contributed by atoms with E-state index in [9.17, 15) is 14.0 Å². The van der Waals surface area contributed by atoms with Crippen molar-refractivity contribution in [2.24, 2.45) is 0 Å². The zero-order chi connectivity index (χ0) is 20.9. The number of amides is 1. The molecule has 0 radical (unpaired) electrons. The number of nitrogens with zero attached hydrogens (tertiary/aromatic N) is 1. The summed E-state index contributed by atoms with van der Waals surface area (Å²) in [6.07, 6.45) is 0.885. The van der Waals surface area contributed by atoms with Crippen LogP contribution in [0.5, 0.6) is 0 Å². The fraction of sp³-hybridized carbons (Fsp3) is 0.125. The number of aromatic nitrogens is 1. The van der Waals surface area contributed by atoms with Gasteiger partial charge in [0, 0.05) is 30.5 Å². The van der Waals surface area contributed by atoms with E-state index in [1.54, 1.807) is 11.3 Å². The molecule has 30 heavy (non-hydrogen) atoms. The molecule has 0 aliphatic heterocycles. The van der Waals surface area contributed by atoms with E-state index in [4.69, 9.17) is 0 Å². The number of para-hydroxylation sites is 1. The minimum Gasteiger partial charge on any atom is -0.326 e. The maximum atomic E-state index is 12.9. The first kappa shape index (κ1) is 19.9. The third-order valence-electron chi connectivity index (χ3n) is 4.68. The van der Waals surface area contributed by atoms with Gasteiger partial charge in [-0.15, -0.1) is 11.3 Å². The number of thiazole rings is 1. The first-order valence-corrected chi connectivity index (χ1v) is 10.4. The highest BCUT2D eigenvalue weighted by molar-refractivity contribution is 7.18. The molecular formula is C24H19FN2O2S. The van der Waals surface area contributed by atoms with E-state index < -0.39 is 5.82 Å². The Labute approximate surface area is 177 Å². The van der Waals surface area contributed by atoms with Gasteiger partial charge in [-0.25, -0.2) is 9.37 Å². The molecule has 6 heteroatoms. The summed E-state index contributed by atoms with van der Waals surface area (Å²) in [5, 5.41) is 3.85. The summed E-state index contributed by atoms with van der Waals surface area (Å²) in [7, 11) is 0. The van der Waals surface area contributed by atoms with Gasteiger partial charge >= 0.3 is 0 Å². The summed E-state index contributed by atoms with van der Waals surface area (Å²) in [5.74, 6) is -0.809. The molecule has 0 spiro atoms. The fourth-order valence-corrected chi connectivity index (χ4v) is 4.11. The molecule has 1 heterocycles. The molecular weight excluding hydrogens is 399 g/mol. The van der Waals surface area contributed by atoms with Crippen LogP contribution in [0.15, 0.2) is 72.8 Å². The molecule has 4 nitrogen and oxygen atoms in total. The van der Waals surface area contributed by atoms with Crippen LogP contribution >= 0.6 is 11.3 Å². The molecule has 0 unspecified atom stereocenters. The van der Waals surface area contributed by atoms with E-state index in [1.165, 1.54) is 29.0 Å². The van der Waals surface area contributed by atoms with Gasteiger partial charge in [0.1, 0.15) is 5.82 Å². The Morgan fingerprint density at radius 2 is 1.63 bits per heavy atom. The Balaban J connectivity index is 1.30. The van der Waals surface area contributed by atoms with E-state index in [-0.39, 0.29) is 24.5 Å². The first-order chi connectivity index (χ1) is 14.6. The van der Waals surface area contributed by atoms with Crippen LogP contribution in [-0.2, 0) is 11.2 Å². The van der Waals surface area contributed by atoms with Gasteiger partial charge in [0.05, 0.1) is 15.2 Å². The molecule has 0 aliphatic rings. The second-order valence-corrected chi connectivity index (χ2v) is 8.04. The van der Waals surface area contributed by atoms with Crippen LogP contribution in [0.25, 0.3) is 10.2 Å². The van der Waals surface area contributed by atoms with Crippen molar-refractivity contribution in [1.82, 2.24) is 4.98 Å². The van der Waals surface area contributed by atoms with E-state index in [0.717, 1.165) is 22.5 Å². The van der Waals surface area contributed by atoms with Crippen molar-refractivity contribution in [2.45, 2.75) is 19.3 Å². The maximum absolute atomic E-state index is 12.9. The van der Waals surface area contributed by atoms with Crippen LogP contribution in [0, 0.1) is 5.82 Å². The van der Waals surface area contributed by atoms with Gasteiger partial charge in [-0.3, -0.25) is 9.59 Å². The van der Waals surface area contributed by atoms with Crippen LogP contribution in [0.4, 0.5) is 10.1 Å². The number of ketones is 1. The van der Waals surface area contributed by atoms with Gasteiger partial charge in [-0.05, 0) is 54.1 Å². The molecule has 0 bridgehead atoms. The molecule has 0 saturated carbocycles. The van der Waals surface area contributed by atoms with Crippen molar-refractivity contribution in [3.8, 4) is 0 Å². The Morgan fingerprint density at radius 3 is 2.37 bits per heavy atom. The molecule has 4 rings (SSSR count). The number of hydrogen-bond donors (Lipinski definition) is 1. The number of rotatable bonds is 7. The Morgan fingerprint density at radius 1 is 0.900 bits per heavy atom. The first-order valence-electron chi connectivity index (χ1n) is 9.59. The smallest absolute Gasteiger partial charge is 0.224 e. The Bertz CT molecular complexity index is 1150. The van der Waals surface area contributed by atoms with Gasteiger partial charge in [0.25, 0.3) is 0 Å². The van der Waals surface area contributed by atoms with Crippen LogP contribution in [-0.4, -0.2) is 16.7 Å². The highest BCUT2D eigenvalue weighted by Gasteiger charge is 2.10. The Hall–Kier alpha value is -3.38. The number of halogens is 1. The van der Waals surface area contributed by atoms with Gasteiger partial charge in [-0.2, -0.15) is 0 Å². The molecule has 0 saturated heterocycles. The van der Waals surface area contributed by atoms with Gasteiger partial charge in [0.2, 0.25) is 5.91 Å². The fourth-order valence-electron chi connectivity index (χ4n) is 3.11. The number of carbonyl (C=O) groups excluding carboxylic acids is 2. The van der Waals surface area contributed by atoms with E-state index >= 15 is 0 Å². The SMILES string of the molecule is O=C(CCC(=O)c1ccc(F)cc1)Nc1ccc(Cc2nc3ccccc3s2)cc1. The monoisotopic (exact) mass is 418 g/mol. The molecule has 3 aromatic carbocycles. The minimum atomic E-state index is -0.393. The predicted octanol–water partition coefficient (Wildman–Crippen LogP) is 5.63. The average molecular weight is 418 g/mol.